The molecule has 9 heteroatoms. The highest BCUT2D eigenvalue weighted by Crippen LogP contribution is 2.40. The second-order valence-corrected chi connectivity index (χ2v) is 5.85. The highest BCUT2D eigenvalue weighted by molar-refractivity contribution is 5.96. The first-order valence-electron chi connectivity index (χ1n) is 8.24. The molecule has 1 unspecified atom stereocenters. The summed E-state index contributed by atoms with van der Waals surface area (Å²) in [6, 6.07) is 6.93. The van der Waals surface area contributed by atoms with Crippen molar-refractivity contribution >= 4 is 17.3 Å². The van der Waals surface area contributed by atoms with Crippen LogP contribution in [0.5, 0.6) is 17.2 Å². The van der Waals surface area contributed by atoms with Crippen LogP contribution in [0.25, 0.3) is 0 Å². The number of benzene rings is 2. The van der Waals surface area contributed by atoms with Crippen molar-refractivity contribution in [3.8, 4) is 17.2 Å². The zero-order chi connectivity index (χ0) is 20.9. The molecule has 0 heterocycles. The Labute approximate surface area is 160 Å². The highest BCUT2D eigenvalue weighted by atomic mass is 19.4. The summed E-state index contributed by atoms with van der Waals surface area (Å²) in [5.41, 5.74) is -0.268. The molecule has 0 aromatic heterocycles. The molecule has 2 aromatic carbocycles. The van der Waals surface area contributed by atoms with Crippen molar-refractivity contribution in [1.82, 2.24) is 0 Å². The Balaban J connectivity index is 2.15. The zero-order valence-corrected chi connectivity index (χ0v) is 15.8. The number of nitrogens with one attached hydrogen (secondary N) is 2. The molecule has 28 heavy (non-hydrogen) atoms. The minimum Gasteiger partial charge on any atom is -0.493 e. The maximum absolute atomic E-state index is 12.8. The maximum atomic E-state index is 12.8. The quantitative estimate of drug-likeness (QED) is 0.733. The van der Waals surface area contributed by atoms with Gasteiger partial charge in [0.15, 0.2) is 11.5 Å². The third kappa shape index (κ3) is 4.99. The number of hydrogen-bond donors (Lipinski definition) is 2. The van der Waals surface area contributed by atoms with Crippen molar-refractivity contribution in [2.75, 3.05) is 32.0 Å². The lowest BCUT2D eigenvalue weighted by molar-refractivity contribution is -0.137. The number of methoxy groups -OCH3 is 3. The summed E-state index contributed by atoms with van der Waals surface area (Å²) in [4.78, 5) is 12.4. The number of carbonyl (C=O) groups is 1. The fourth-order valence-corrected chi connectivity index (χ4v) is 2.50. The Morgan fingerprint density at radius 1 is 0.964 bits per heavy atom. The number of carbonyl (C=O) groups excluding carboxylic acids is 1. The second kappa shape index (κ2) is 8.73. The van der Waals surface area contributed by atoms with Gasteiger partial charge in [-0.15, -0.1) is 0 Å². The summed E-state index contributed by atoms with van der Waals surface area (Å²) in [5, 5.41) is 5.42. The van der Waals surface area contributed by atoms with Crippen molar-refractivity contribution in [3.05, 3.63) is 42.0 Å². The van der Waals surface area contributed by atoms with Gasteiger partial charge in [-0.05, 0) is 25.1 Å². The van der Waals surface area contributed by atoms with Gasteiger partial charge in [0, 0.05) is 23.5 Å². The van der Waals surface area contributed by atoms with E-state index in [1.165, 1.54) is 33.5 Å². The third-order valence-corrected chi connectivity index (χ3v) is 3.90. The van der Waals surface area contributed by atoms with E-state index in [4.69, 9.17) is 14.2 Å². The Morgan fingerprint density at radius 3 is 2.07 bits per heavy atom. The third-order valence-electron chi connectivity index (χ3n) is 3.90. The van der Waals surface area contributed by atoms with Gasteiger partial charge < -0.3 is 24.8 Å². The van der Waals surface area contributed by atoms with Crippen LogP contribution < -0.4 is 24.8 Å². The Bertz CT molecular complexity index is 815. The predicted octanol–water partition coefficient (Wildman–Crippen LogP) is 4.17. The number of anilines is 2. The summed E-state index contributed by atoms with van der Waals surface area (Å²) in [5.74, 6) is 0.689. The molecular weight excluding hydrogens is 377 g/mol. The van der Waals surface area contributed by atoms with E-state index < -0.39 is 23.7 Å². The molecule has 1 amide bonds. The van der Waals surface area contributed by atoms with Gasteiger partial charge in [-0.2, -0.15) is 13.2 Å². The van der Waals surface area contributed by atoms with Crippen LogP contribution >= 0.6 is 0 Å². The molecule has 6 nitrogen and oxygen atoms in total. The van der Waals surface area contributed by atoms with Crippen LogP contribution in [0, 0.1) is 0 Å². The van der Waals surface area contributed by atoms with Crippen LogP contribution in [0.1, 0.15) is 12.5 Å². The lowest BCUT2D eigenvalue weighted by atomic mass is 10.2. The molecule has 0 aliphatic rings. The number of amides is 1. The Morgan fingerprint density at radius 2 is 1.57 bits per heavy atom. The van der Waals surface area contributed by atoms with Gasteiger partial charge in [-0.1, -0.05) is 6.07 Å². The molecule has 2 N–H and O–H groups in total. The van der Waals surface area contributed by atoms with E-state index >= 15 is 0 Å². The number of alkyl halides is 3. The normalized spacial score (nSPS) is 12.1. The molecule has 0 bridgehead atoms. The highest BCUT2D eigenvalue weighted by Gasteiger charge is 2.30. The first-order valence-corrected chi connectivity index (χ1v) is 8.24. The predicted molar refractivity (Wildman–Crippen MR) is 99.3 cm³/mol. The van der Waals surface area contributed by atoms with Gasteiger partial charge in [0.1, 0.15) is 6.04 Å². The summed E-state index contributed by atoms with van der Waals surface area (Å²) >= 11 is 0. The maximum Gasteiger partial charge on any atom is 0.416 e. The van der Waals surface area contributed by atoms with Crippen LogP contribution in [-0.4, -0.2) is 33.3 Å². The summed E-state index contributed by atoms with van der Waals surface area (Å²) < 4.78 is 54.1. The average molecular weight is 398 g/mol. The van der Waals surface area contributed by atoms with Crippen molar-refractivity contribution in [3.63, 3.8) is 0 Å². The molecule has 152 valence electrons. The van der Waals surface area contributed by atoms with Gasteiger partial charge in [-0.25, -0.2) is 0 Å². The fourth-order valence-electron chi connectivity index (χ4n) is 2.50. The van der Waals surface area contributed by atoms with Crippen molar-refractivity contribution in [2.45, 2.75) is 19.1 Å². The van der Waals surface area contributed by atoms with E-state index in [1.807, 2.05) is 0 Å². The molecule has 0 spiro atoms. The van der Waals surface area contributed by atoms with Crippen molar-refractivity contribution in [2.24, 2.45) is 0 Å². The van der Waals surface area contributed by atoms with E-state index in [-0.39, 0.29) is 5.69 Å². The van der Waals surface area contributed by atoms with Gasteiger partial charge in [0.2, 0.25) is 11.7 Å². The van der Waals surface area contributed by atoms with Crippen LogP contribution in [0.15, 0.2) is 36.4 Å². The minimum atomic E-state index is -4.49. The average Bonchev–Trinajstić information content (AvgIpc) is 2.66. The van der Waals surface area contributed by atoms with Crippen LogP contribution in [-0.2, 0) is 11.0 Å². The number of hydrogen-bond acceptors (Lipinski definition) is 5. The Hall–Kier alpha value is -3.10. The van der Waals surface area contributed by atoms with Crippen LogP contribution in [0.3, 0.4) is 0 Å². The van der Waals surface area contributed by atoms with E-state index in [9.17, 15) is 18.0 Å². The molecule has 0 saturated heterocycles. The lowest BCUT2D eigenvalue weighted by Crippen LogP contribution is -2.32. The van der Waals surface area contributed by atoms with Gasteiger partial charge in [0.05, 0.1) is 26.9 Å². The standard InChI is InChI=1S/C19H21F3N2O4/c1-11(18(25)24-13-7-5-6-12(8-13)19(20,21)22)23-14-9-15(26-2)17(28-4)16(10-14)27-3/h5-11,23H,1-4H3,(H,24,25). The monoisotopic (exact) mass is 398 g/mol. The Kier molecular flexibility index (Phi) is 6.61. The molecule has 0 aliphatic carbocycles. The van der Waals surface area contributed by atoms with Gasteiger partial charge in [-0.3, -0.25) is 4.79 Å². The summed E-state index contributed by atoms with van der Waals surface area (Å²) in [7, 11) is 4.40. The molecule has 0 fully saturated rings. The molecule has 1 atom stereocenters. The van der Waals surface area contributed by atoms with E-state index in [0.717, 1.165) is 12.1 Å². The van der Waals surface area contributed by atoms with Gasteiger partial charge >= 0.3 is 6.18 Å². The van der Waals surface area contributed by atoms with Gasteiger partial charge in [0.25, 0.3) is 0 Å². The van der Waals surface area contributed by atoms with Crippen LogP contribution in [0.2, 0.25) is 0 Å². The number of ether oxygens (including phenoxy) is 3. The van der Waals surface area contributed by atoms with Crippen molar-refractivity contribution in [1.29, 1.82) is 0 Å². The van der Waals surface area contributed by atoms with E-state index in [1.54, 1.807) is 19.1 Å². The second-order valence-electron chi connectivity index (χ2n) is 5.85. The fraction of sp³-hybridized carbons (Fsp3) is 0.316. The van der Waals surface area contributed by atoms with Crippen LogP contribution in [0.4, 0.5) is 24.5 Å². The molecule has 0 radical (unpaired) electrons. The lowest BCUT2D eigenvalue weighted by Gasteiger charge is -2.19. The minimum absolute atomic E-state index is 0.0540. The van der Waals surface area contributed by atoms with E-state index in [0.29, 0.717) is 22.9 Å². The van der Waals surface area contributed by atoms with E-state index in [2.05, 4.69) is 10.6 Å². The molecule has 2 aromatic rings. The largest absolute Gasteiger partial charge is 0.493 e. The molecule has 0 saturated carbocycles. The molecule has 0 aliphatic heterocycles. The smallest absolute Gasteiger partial charge is 0.416 e. The molecular formula is C19H21F3N2O4. The first-order chi connectivity index (χ1) is 13.2. The number of rotatable bonds is 7. The molecule has 2 rings (SSSR count). The summed E-state index contributed by atoms with van der Waals surface area (Å²) in [6.45, 7) is 1.58. The SMILES string of the molecule is COc1cc(NC(C)C(=O)Nc2cccc(C(F)(F)F)c2)cc(OC)c1OC. The zero-order valence-electron chi connectivity index (χ0n) is 15.8. The topological polar surface area (TPSA) is 68.8 Å². The van der Waals surface area contributed by atoms with Crippen molar-refractivity contribution < 1.29 is 32.2 Å². The first kappa shape index (κ1) is 21.2. The summed E-state index contributed by atoms with van der Waals surface area (Å²) in [6.07, 6.45) is -4.49. The number of halogens is 3.